The molecule has 0 bridgehead atoms. The van der Waals surface area contributed by atoms with E-state index in [1.54, 1.807) is 6.92 Å². The van der Waals surface area contributed by atoms with Crippen LogP contribution in [0.15, 0.2) is 53.4 Å². The Morgan fingerprint density at radius 1 is 1.24 bits per heavy atom. The van der Waals surface area contributed by atoms with E-state index in [-0.39, 0.29) is 36.4 Å². The van der Waals surface area contributed by atoms with Gasteiger partial charge >= 0.3 is 0 Å². The summed E-state index contributed by atoms with van der Waals surface area (Å²) >= 11 is 0. The third-order valence-corrected chi connectivity index (χ3v) is 5.90. The number of ether oxygens (including phenoxy) is 2. The van der Waals surface area contributed by atoms with Gasteiger partial charge in [0.05, 0.1) is 24.2 Å². The Balaban J connectivity index is 1.83. The fraction of sp³-hybridized carbons (Fsp3) is 0.333. The molecule has 5 nitrogen and oxygen atoms in total. The van der Waals surface area contributed by atoms with Crippen LogP contribution in [0.2, 0.25) is 0 Å². The number of sulfonamides is 1. The van der Waals surface area contributed by atoms with Crippen LogP contribution in [-0.4, -0.2) is 39.0 Å². The third-order valence-electron chi connectivity index (χ3n) is 4.04. The molecule has 3 rings (SSSR count). The summed E-state index contributed by atoms with van der Waals surface area (Å²) in [6.45, 7) is 2.77. The molecule has 0 radical (unpaired) electrons. The average molecular weight is 365 g/mol. The largest absolute Gasteiger partial charge is 0.491 e. The summed E-state index contributed by atoms with van der Waals surface area (Å²) in [7, 11) is -3.80. The summed E-state index contributed by atoms with van der Waals surface area (Å²) in [6.07, 6.45) is -0.336. The second-order valence-electron chi connectivity index (χ2n) is 5.66. The lowest BCUT2D eigenvalue weighted by molar-refractivity contribution is -0.00255. The van der Waals surface area contributed by atoms with E-state index >= 15 is 0 Å². The van der Waals surface area contributed by atoms with E-state index in [9.17, 15) is 12.8 Å². The topological polar surface area (TPSA) is 55.8 Å². The first-order valence-electron chi connectivity index (χ1n) is 8.11. The Labute approximate surface area is 147 Å². The quantitative estimate of drug-likeness (QED) is 0.817. The van der Waals surface area contributed by atoms with Gasteiger partial charge in [-0.1, -0.05) is 30.3 Å². The van der Waals surface area contributed by atoms with Gasteiger partial charge in [-0.3, -0.25) is 0 Å². The second kappa shape index (κ2) is 7.51. The fourth-order valence-corrected chi connectivity index (χ4v) is 4.21. The summed E-state index contributed by atoms with van der Waals surface area (Å²) in [5.41, 5.74) is 0.917. The molecule has 0 unspecified atom stereocenters. The van der Waals surface area contributed by atoms with Gasteiger partial charge in [0.25, 0.3) is 0 Å². The summed E-state index contributed by atoms with van der Waals surface area (Å²) in [4.78, 5) is -0.0813. The van der Waals surface area contributed by atoms with Crippen LogP contribution in [0.3, 0.4) is 0 Å². The molecule has 2 aromatic rings. The van der Waals surface area contributed by atoms with E-state index in [2.05, 4.69) is 0 Å². The molecule has 1 aliphatic rings. The Hall–Kier alpha value is -1.96. The maximum absolute atomic E-state index is 14.0. The third kappa shape index (κ3) is 3.84. The van der Waals surface area contributed by atoms with Crippen molar-refractivity contribution in [2.75, 3.05) is 26.3 Å². The van der Waals surface area contributed by atoms with Crippen molar-refractivity contribution in [3.8, 4) is 5.75 Å². The van der Waals surface area contributed by atoms with Crippen molar-refractivity contribution < 1.29 is 22.3 Å². The monoisotopic (exact) mass is 365 g/mol. The molecule has 25 heavy (non-hydrogen) atoms. The number of rotatable bonds is 5. The predicted molar refractivity (Wildman–Crippen MR) is 91.5 cm³/mol. The van der Waals surface area contributed by atoms with Gasteiger partial charge in [0.1, 0.15) is 0 Å². The number of hydrogen-bond donors (Lipinski definition) is 0. The predicted octanol–water partition coefficient (Wildman–Crippen LogP) is 2.99. The Bertz CT molecular complexity index is 826. The van der Waals surface area contributed by atoms with Crippen LogP contribution in [0.5, 0.6) is 5.75 Å². The van der Waals surface area contributed by atoms with Crippen LogP contribution in [0.25, 0.3) is 0 Å². The van der Waals surface area contributed by atoms with Gasteiger partial charge in [0, 0.05) is 13.1 Å². The Morgan fingerprint density at radius 3 is 2.68 bits per heavy atom. The zero-order valence-corrected chi connectivity index (χ0v) is 14.7. The number of hydrogen-bond acceptors (Lipinski definition) is 4. The summed E-state index contributed by atoms with van der Waals surface area (Å²) in [5, 5.41) is 0. The van der Waals surface area contributed by atoms with Gasteiger partial charge in [-0.05, 0) is 30.7 Å². The first-order valence-corrected chi connectivity index (χ1v) is 9.55. The first-order chi connectivity index (χ1) is 12.0. The maximum atomic E-state index is 14.0. The lowest BCUT2D eigenvalue weighted by Crippen LogP contribution is -2.42. The lowest BCUT2D eigenvalue weighted by Gasteiger charge is -2.32. The van der Waals surface area contributed by atoms with Crippen LogP contribution >= 0.6 is 0 Å². The molecular formula is C18H20FNO4S. The standard InChI is InChI=1S/C18H20FNO4S/c1-2-23-17-9-8-15(12-16(17)19)25(21,22)20-10-11-24-18(13-20)14-6-4-3-5-7-14/h3-9,12,18H,2,10-11,13H2,1H3/t18-/m0/s1. The minimum atomic E-state index is -3.80. The highest BCUT2D eigenvalue weighted by molar-refractivity contribution is 7.89. The first kappa shape index (κ1) is 17.8. The van der Waals surface area contributed by atoms with E-state index in [0.717, 1.165) is 11.6 Å². The molecule has 0 aromatic heterocycles. The highest BCUT2D eigenvalue weighted by atomic mass is 32.2. The van der Waals surface area contributed by atoms with Crippen molar-refractivity contribution in [1.29, 1.82) is 0 Å². The molecule has 0 N–H and O–H groups in total. The van der Waals surface area contributed by atoms with E-state index in [4.69, 9.17) is 9.47 Å². The highest BCUT2D eigenvalue weighted by Gasteiger charge is 2.32. The van der Waals surface area contributed by atoms with Crippen molar-refractivity contribution >= 4 is 10.0 Å². The van der Waals surface area contributed by atoms with E-state index in [1.807, 2.05) is 30.3 Å². The van der Waals surface area contributed by atoms with Gasteiger partial charge in [0.2, 0.25) is 10.0 Å². The van der Waals surface area contributed by atoms with Crippen molar-refractivity contribution in [2.45, 2.75) is 17.9 Å². The van der Waals surface area contributed by atoms with Crippen LogP contribution in [-0.2, 0) is 14.8 Å². The van der Waals surface area contributed by atoms with Crippen molar-refractivity contribution in [1.82, 2.24) is 4.31 Å². The van der Waals surface area contributed by atoms with Crippen LogP contribution in [0.4, 0.5) is 4.39 Å². The van der Waals surface area contributed by atoms with Gasteiger partial charge < -0.3 is 9.47 Å². The fourth-order valence-electron chi connectivity index (χ4n) is 2.78. The summed E-state index contributed by atoms with van der Waals surface area (Å²) < 4.78 is 51.9. The molecule has 1 atom stereocenters. The highest BCUT2D eigenvalue weighted by Crippen LogP contribution is 2.28. The molecule has 0 aliphatic carbocycles. The minimum Gasteiger partial charge on any atom is -0.491 e. The van der Waals surface area contributed by atoms with E-state index in [0.29, 0.717) is 6.61 Å². The van der Waals surface area contributed by atoms with Crippen molar-refractivity contribution in [2.24, 2.45) is 0 Å². The molecule has 1 fully saturated rings. The molecule has 1 aliphatic heterocycles. The van der Waals surface area contributed by atoms with Crippen LogP contribution < -0.4 is 4.74 Å². The van der Waals surface area contributed by atoms with Gasteiger partial charge in [-0.25, -0.2) is 12.8 Å². The van der Waals surface area contributed by atoms with E-state index in [1.165, 1.54) is 16.4 Å². The van der Waals surface area contributed by atoms with Crippen molar-refractivity contribution in [3.63, 3.8) is 0 Å². The number of benzene rings is 2. The zero-order valence-electron chi connectivity index (χ0n) is 13.9. The molecule has 0 amide bonds. The molecule has 0 saturated carbocycles. The number of nitrogens with zero attached hydrogens (tertiary/aromatic N) is 1. The maximum Gasteiger partial charge on any atom is 0.243 e. The van der Waals surface area contributed by atoms with Gasteiger partial charge in [-0.2, -0.15) is 4.31 Å². The Kier molecular flexibility index (Phi) is 5.36. The summed E-state index contributed by atoms with van der Waals surface area (Å²) in [6, 6.07) is 13.2. The zero-order chi connectivity index (χ0) is 17.9. The van der Waals surface area contributed by atoms with Gasteiger partial charge in [0.15, 0.2) is 11.6 Å². The van der Waals surface area contributed by atoms with Gasteiger partial charge in [-0.15, -0.1) is 0 Å². The molecule has 0 spiro atoms. The number of halogens is 1. The minimum absolute atomic E-state index is 0.0468. The van der Waals surface area contributed by atoms with Crippen molar-refractivity contribution in [3.05, 3.63) is 59.9 Å². The molecule has 1 saturated heterocycles. The van der Waals surface area contributed by atoms with E-state index < -0.39 is 15.8 Å². The Morgan fingerprint density at radius 2 is 2.00 bits per heavy atom. The summed E-state index contributed by atoms with van der Waals surface area (Å²) in [5.74, 6) is -0.638. The molecule has 7 heteroatoms. The smallest absolute Gasteiger partial charge is 0.243 e. The average Bonchev–Trinajstić information content (AvgIpc) is 2.64. The molecule has 1 heterocycles. The van der Waals surface area contributed by atoms with Crippen LogP contribution in [0, 0.1) is 5.82 Å². The normalized spacial score (nSPS) is 18.9. The molecule has 134 valence electrons. The molecule has 2 aromatic carbocycles. The lowest BCUT2D eigenvalue weighted by atomic mass is 10.1. The number of morpholine rings is 1. The molecular weight excluding hydrogens is 345 g/mol. The van der Waals surface area contributed by atoms with Crippen LogP contribution in [0.1, 0.15) is 18.6 Å². The SMILES string of the molecule is CCOc1ccc(S(=O)(=O)N2CCO[C@H](c3ccccc3)C2)cc1F. The second-order valence-corrected chi connectivity index (χ2v) is 7.60.